The zero-order valence-electron chi connectivity index (χ0n) is 35.1. The van der Waals surface area contributed by atoms with Crippen molar-refractivity contribution in [2.45, 2.75) is 0 Å². The van der Waals surface area contributed by atoms with Crippen LogP contribution in [0.25, 0.3) is 133 Å². The van der Waals surface area contributed by atoms with Gasteiger partial charge in [-0.15, -0.1) is 0 Å². The Hall–Kier alpha value is -8.73. The van der Waals surface area contributed by atoms with Gasteiger partial charge in [0.15, 0.2) is 17.5 Å². The molecule has 0 N–H and O–H groups in total. The zero-order valence-corrected chi connectivity index (χ0v) is 35.1. The summed E-state index contributed by atoms with van der Waals surface area (Å²) >= 11 is 0. The van der Waals surface area contributed by atoms with Crippen molar-refractivity contribution in [3.8, 4) is 67.5 Å². The van der Waals surface area contributed by atoms with Gasteiger partial charge in [0.1, 0.15) is 11.2 Å². The Morgan fingerprint density at radius 3 is 1.11 bits per heavy atom. The SMILES string of the molecule is c1ccc(-c2nc(-c3ccccc3)nc(-c3ccc4cc(-c5ccc6c(c5)oc5cc(-c7cccc(-c8ccc9c%10ccccc%10c%10ccccc%10c9c8)c7)ccc56)ccc4c3)n2)cc1. The lowest BCUT2D eigenvalue weighted by atomic mass is 9.91. The van der Waals surface area contributed by atoms with Gasteiger partial charge in [-0.2, -0.15) is 0 Å². The fourth-order valence-electron chi connectivity index (χ4n) is 9.60. The van der Waals surface area contributed by atoms with E-state index >= 15 is 0 Å². The molecule has 0 aliphatic heterocycles. The molecule has 302 valence electrons. The van der Waals surface area contributed by atoms with Crippen molar-refractivity contribution in [1.82, 2.24) is 15.0 Å². The topological polar surface area (TPSA) is 51.8 Å². The summed E-state index contributed by atoms with van der Waals surface area (Å²) in [5.74, 6) is 1.94. The Balaban J connectivity index is 0.814. The van der Waals surface area contributed by atoms with Crippen LogP contribution in [-0.2, 0) is 0 Å². The molecule has 65 heavy (non-hydrogen) atoms. The second kappa shape index (κ2) is 15.0. The van der Waals surface area contributed by atoms with Crippen molar-refractivity contribution >= 4 is 65.0 Å². The fourth-order valence-corrected chi connectivity index (χ4v) is 9.60. The molecule has 0 unspecified atom stereocenters. The maximum absolute atomic E-state index is 6.63. The highest BCUT2D eigenvalue weighted by Gasteiger charge is 2.15. The van der Waals surface area contributed by atoms with Crippen LogP contribution < -0.4 is 0 Å². The number of benzene rings is 11. The summed E-state index contributed by atoms with van der Waals surface area (Å²) in [4.78, 5) is 14.8. The van der Waals surface area contributed by atoms with E-state index in [2.05, 4.69) is 164 Å². The predicted octanol–water partition coefficient (Wildman–Crippen LogP) is 16.4. The average Bonchev–Trinajstić information content (AvgIpc) is 3.76. The van der Waals surface area contributed by atoms with Crippen LogP contribution in [0, 0.1) is 0 Å². The Kier molecular flexibility index (Phi) is 8.50. The van der Waals surface area contributed by atoms with Crippen molar-refractivity contribution in [1.29, 1.82) is 0 Å². The van der Waals surface area contributed by atoms with Crippen LogP contribution in [-0.4, -0.2) is 15.0 Å². The van der Waals surface area contributed by atoms with Crippen molar-refractivity contribution in [2.75, 3.05) is 0 Å². The zero-order chi connectivity index (χ0) is 42.8. The Labute approximate surface area is 374 Å². The van der Waals surface area contributed by atoms with Gasteiger partial charge in [-0.05, 0) is 125 Å². The number of hydrogen-bond donors (Lipinski definition) is 0. The van der Waals surface area contributed by atoms with E-state index in [0.29, 0.717) is 17.5 Å². The van der Waals surface area contributed by atoms with Gasteiger partial charge in [-0.1, -0.05) is 176 Å². The molecule has 0 radical (unpaired) electrons. The van der Waals surface area contributed by atoms with Crippen molar-refractivity contribution in [2.24, 2.45) is 0 Å². The predicted molar refractivity (Wildman–Crippen MR) is 270 cm³/mol. The number of hydrogen-bond acceptors (Lipinski definition) is 4. The molecule has 0 fully saturated rings. The number of furan rings is 1. The number of rotatable bonds is 6. The van der Waals surface area contributed by atoms with E-state index < -0.39 is 0 Å². The van der Waals surface area contributed by atoms with Crippen molar-refractivity contribution in [3.05, 3.63) is 224 Å². The van der Waals surface area contributed by atoms with E-state index in [-0.39, 0.29) is 0 Å². The maximum Gasteiger partial charge on any atom is 0.164 e. The van der Waals surface area contributed by atoms with Crippen LogP contribution in [0.4, 0.5) is 0 Å². The minimum absolute atomic E-state index is 0.641. The summed E-state index contributed by atoms with van der Waals surface area (Å²) in [6.45, 7) is 0. The van der Waals surface area contributed by atoms with Crippen LogP contribution in [0.15, 0.2) is 229 Å². The first-order valence-corrected chi connectivity index (χ1v) is 22.0. The largest absolute Gasteiger partial charge is 0.456 e. The van der Waals surface area contributed by atoms with E-state index in [1.165, 1.54) is 43.4 Å². The normalized spacial score (nSPS) is 11.7. The van der Waals surface area contributed by atoms with Gasteiger partial charge < -0.3 is 4.42 Å². The van der Waals surface area contributed by atoms with E-state index in [4.69, 9.17) is 19.4 Å². The minimum atomic E-state index is 0.641. The molecule has 13 rings (SSSR count). The average molecular weight is 828 g/mol. The highest BCUT2D eigenvalue weighted by Crippen LogP contribution is 2.40. The molecule has 0 saturated heterocycles. The Morgan fingerprint density at radius 1 is 0.215 bits per heavy atom. The molecule has 0 amide bonds. The molecular formula is C61H37N3O. The summed E-state index contributed by atoms with van der Waals surface area (Å²) < 4.78 is 6.63. The lowest BCUT2D eigenvalue weighted by molar-refractivity contribution is 0.669. The van der Waals surface area contributed by atoms with E-state index in [1.807, 2.05) is 60.7 Å². The monoisotopic (exact) mass is 827 g/mol. The van der Waals surface area contributed by atoms with E-state index in [1.54, 1.807) is 0 Å². The summed E-state index contributed by atoms with van der Waals surface area (Å²) in [6, 6.07) is 79.6. The van der Waals surface area contributed by atoms with Gasteiger partial charge in [-0.3, -0.25) is 0 Å². The molecule has 0 atom stereocenters. The van der Waals surface area contributed by atoms with Crippen LogP contribution in [0.3, 0.4) is 0 Å². The van der Waals surface area contributed by atoms with Crippen molar-refractivity contribution < 1.29 is 4.42 Å². The third-order valence-corrected chi connectivity index (χ3v) is 12.9. The highest BCUT2D eigenvalue weighted by molar-refractivity contribution is 6.25. The number of fused-ring (bicyclic) bond motifs is 10. The third-order valence-electron chi connectivity index (χ3n) is 12.9. The van der Waals surface area contributed by atoms with Crippen LogP contribution in [0.2, 0.25) is 0 Å². The highest BCUT2D eigenvalue weighted by atomic mass is 16.3. The Bertz CT molecular complexity index is 3910. The molecule has 0 bridgehead atoms. The molecular weight excluding hydrogens is 791 g/mol. The lowest BCUT2D eigenvalue weighted by Crippen LogP contribution is -2.00. The molecule has 2 aromatic heterocycles. The van der Waals surface area contributed by atoms with Crippen LogP contribution in [0.1, 0.15) is 0 Å². The smallest absolute Gasteiger partial charge is 0.164 e. The van der Waals surface area contributed by atoms with Crippen LogP contribution in [0.5, 0.6) is 0 Å². The van der Waals surface area contributed by atoms with E-state index in [0.717, 1.165) is 71.7 Å². The molecule has 4 nitrogen and oxygen atoms in total. The molecule has 0 spiro atoms. The van der Waals surface area contributed by atoms with Gasteiger partial charge in [-0.25, -0.2) is 15.0 Å². The summed E-state index contributed by atoms with van der Waals surface area (Å²) in [5.41, 5.74) is 11.5. The second-order valence-corrected chi connectivity index (χ2v) is 16.8. The van der Waals surface area contributed by atoms with Crippen LogP contribution >= 0.6 is 0 Å². The maximum atomic E-state index is 6.63. The summed E-state index contributed by atoms with van der Waals surface area (Å²) in [7, 11) is 0. The molecule has 11 aromatic carbocycles. The first-order chi connectivity index (χ1) is 32.2. The van der Waals surface area contributed by atoms with Gasteiger partial charge >= 0.3 is 0 Å². The third kappa shape index (κ3) is 6.42. The molecule has 2 heterocycles. The fraction of sp³-hybridized carbons (Fsp3) is 0. The molecule has 13 aromatic rings. The summed E-state index contributed by atoms with van der Waals surface area (Å²) in [5, 5.41) is 12.1. The molecule has 0 aliphatic rings. The molecule has 4 heteroatoms. The molecule has 0 saturated carbocycles. The standard InChI is InChI=1S/C61H37N3O/c1-3-12-38(13-4-1)59-62-60(39-14-5-2-6-15-39)64-61(63-59)48-25-24-42-33-43(22-23-44(42)34-48)47-28-31-55-54-30-27-46(36-57(54)65-58(55)37-47)41-17-11-16-40(32-41)45-26-29-53-51-20-8-7-18-49(51)50-19-9-10-21-52(50)56(53)35-45/h1-37H. The Morgan fingerprint density at radius 2 is 0.569 bits per heavy atom. The van der Waals surface area contributed by atoms with Gasteiger partial charge in [0.05, 0.1) is 0 Å². The van der Waals surface area contributed by atoms with Gasteiger partial charge in [0, 0.05) is 27.5 Å². The molecule has 0 aliphatic carbocycles. The summed E-state index contributed by atoms with van der Waals surface area (Å²) in [6.07, 6.45) is 0. The van der Waals surface area contributed by atoms with E-state index in [9.17, 15) is 0 Å². The van der Waals surface area contributed by atoms with Gasteiger partial charge in [0.25, 0.3) is 0 Å². The first-order valence-electron chi connectivity index (χ1n) is 22.0. The number of aromatic nitrogens is 3. The van der Waals surface area contributed by atoms with Crippen molar-refractivity contribution in [3.63, 3.8) is 0 Å². The van der Waals surface area contributed by atoms with Gasteiger partial charge in [0.2, 0.25) is 0 Å². The number of nitrogens with zero attached hydrogens (tertiary/aromatic N) is 3. The lowest BCUT2D eigenvalue weighted by Gasteiger charge is -2.12. The first kappa shape index (κ1) is 36.9. The quantitative estimate of drug-likeness (QED) is 0.157. The minimum Gasteiger partial charge on any atom is -0.456 e. The second-order valence-electron chi connectivity index (χ2n) is 16.8.